The van der Waals surface area contributed by atoms with E-state index >= 15 is 0 Å². The summed E-state index contributed by atoms with van der Waals surface area (Å²) in [6.07, 6.45) is 3.25. The summed E-state index contributed by atoms with van der Waals surface area (Å²) >= 11 is 0. The number of imidazole rings is 1. The predicted molar refractivity (Wildman–Crippen MR) is 137 cm³/mol. The number of carboxylic acids is 1. The van der Waals surface area contributed by atoms with Gasteiger partial charge >= 0.3 is 5.97 Å². The van der Waals surface area contributed by atoms with Crippen LogP contribution < -0.4 is 10.1 Å². The maximum absolute atomic E-state index is 11.4. The molecule has 1 aromatic heterocycles. The van der Waals surface area contributed by atoms with Crippen LogP contribution in [0.1, 0.15) is 77.0 Å². The zero-order chi connectivity index (χ0) is 24.6. The van der Waals surface area contributed by atoms with Crippen LogP contribution in [0.3, 0.4) is 0 Å². The Hall–Kier alpha value is -3.02. The summed E-state index contributed by atoms with van der Waals surface area (Å²) < 4.78 is 7.91. The molecular weight excluding hydrogens is 426 g/mol. The molecule has 1 fully saturated rings. The third-order valence-corrected chi connectivity index (χ3v) is 7.00. The molecule has 4 rings (SSSR count). The van der Waals surface area contributed by atoms with Gasteiger partial charge in [-0.15, -0.1) is 0 Å². The Morgan fingerprint density at radius 3 is 2.53 bits per heavy atom. The summed E-state index contributed by atoms with van der Waals surface area (Å²) in [4.78, 5) is 16.4. The molecule has 3 aromatic rings. The number of ether oxygens (including phenoxy) is 1. The van der Waals surface area contributed by atoms with Crippen LogP contribution >= 0.6 is 0 Å². The zero-order valence-corrected chi connectivity index (χ0v) is 21.2. The van der Waals surface area contributed by atoms with Crippen LogP contribution in [0.5, 0.6) is 5.75 Å². The normalized spacial score (nSPS) is 20.0. The molecule has 2 N–H and O–H groups in total. The van der Waals surface area contributed by atoms with Crippen LogP contribution in [0.15, 0.2) is 36.4 Å². The van der Waals surface area contributed by atoms with Gasteiger partial charge in [0, 0.05) is 23.4 Å². The average molecular weight is 464 g/mol. The first-order valence-corrected chi connectivity index (χ1v) is 12.2. The Bertz CT molecular complexity index is 1180. The van der Waals surface area contributed by atoms with E-state index in [-0.39, 0.29) is 17.9 Å². The number of benzene rings is 2. The number of aliphatic carboxylic acids is 1. The minimum absolute atomic E-state index is 0.0983. The highest BCUT2D eigenvalue weighted by Gasteiger charge is 2.35. The van der Waals surface area contributed by atoms with E-state index in [0.717, 1.165) is 35.5 Å². The Labute approximate surface area is 202 Å². The Morgan fingerprint density at radius 2 is 1.94 bits per heavy atom. The standard InChI is InChI=1S/C28H37N3O3/c1-17(2)19-7-9-21(10-8-19)29-27-30-23-12-20(13-26(32)33)25(34-6)14-24(23)31(27)22-11-18(3)15-28(4,5)16-22/h7-10,12,14,17-18,22H,11,13,15-16H2,1-6H3,(H,29,30)(H,32,33)/t18-,22-/m0/s1. The quantitative estimate of drug-likeness (QED) is 0.397. The van der Waals surface area contributed by atoms with Crippen molar-refractivity contribution in [1.82, 2.24) is 9.55 Å². The number of hydrogen-bond acceptors (Lipinski definition) is 4. The van der Waals surface area contributed by atoms with Gasteiger partial charge in [-0.3, -0.25) is 4.79 Å². The first-order valence-electron chi connectivity index (χ1n) is 12.2. The molecule has 0 bridgehead atoms. The van der Waals surface area contributed by atoms with Crippen LogP contribution in [0, 0.1) is 11.3 Å². The smallest absolute Gasteiger partial charge is 0.307 e. The van der Waals surface area contributed by atoms with Crippen LogP contribution in [0.25, 0.3) is 11.0 Å². The van der Waals surface area contributed by atoms with E-state index in [1.807, 2.05) is 12.1 Å². The molecule has 6 heteroatoms. The lowest BCUT2D eigenvalue weighted by Crippen LogP contribution is -2.29. The van der Waals surface area contributed by atoms with Crippen molar-refractivity contribution in [2.24, 2.45) is 11.3 Å². The molecule has 0 aliphatic heterocycles. The first kappa shape index (κ1) is 24.1. The number of rotatable bonds is 7. The fourth-order valence-electron chi connectivity index (χ4n) is 5.69. The molecular formula is C28H37N3O3. The Balaban J connectivity index is 1.83. The van der Waals surface area contributed by atoms with Crippen molar-refractivity contribution < 1.29 is 14.6 Å². The van der Waals surface area contributed by atoms with Gasteiger partial charge in [0.05, 0.1) is 24.6 Å². The predicted octanol–water partition coefficient (Wildman–Crippen LogP) is 6.93. The van der Waals surface area contributed by atoms with Crippen molar-refractivity contribution >= 4 is 28.6 Å². The summed E-state index contributed by atoms with van der Waals surface area (Å²) in [5, 5.41) is 12.9. The zero-order valence-electron chi connectivity index (χ0n) is 21.2. The Kier molecular flexibility index (Phi) is 6.61. The molecule has 0 amide bonds. The van der Waals surface area contributed by atoms with E-state index < -0.39 is 5.97 Å². The van der Waals surface area contributed by atoms with Gasteiger partial charge in [-0.1, -0.05) is 46.8 Å². The maximum atomic E-state index is 11.4. The van der Waals surface area contributed by atoms with Crippen LogP contribution in [0.4, 0.5) is 11.6 Å². The van der Waals surface area contributed by atoms with Gasteiger partial charge in [0.25, 0.3) is 0 Å². The summed E-state index contributed by atoms with van der Waals surface area (Å²) in [5.74, 6) is 1.58. The van der Waals surface area contributed by atoms with E-state index in [1.165, 1.54) is 12.0 Å². The molecule has 0 unspecified atom stereocenters. The van der Waals surface area contributed by atoms with Crippen LogP contribution in [-0.4, -0.2) is 27.7 Å². The molecule has 0 spiro atoms. The minimum Gasteiger partial charge on any atom is -0.496 e. The number of hydrogen-bond donors (Lipinski definition) is 2. The largest absolute Gasteiger partial charge is 0.496 e. The Morgan fingerprint density at radius 1 is 1.24 bits per heavy atom. The number of fused-ring (bicyclic) bond motifs is 1. The highest BCUT2D eigenvalue weighted by molar-refractivity contribution is 5.84. The van der Waals surface area contributed by atoms with E-state index in [1.54, 1.807) is 7.11 Å². The SMILES string of the molecule is COc1cc2c(cc1CC(=O)O)nc(Nc1ccc(C(C)C)cc1)n2[C@H]1C[C@H](C)CC(C)(C)C1. The van der Waals surface area contributed by atoms with Gasteiger partial charge in [-0.2, -0.15) is 0 Å². The van der Waals surface area contributed by atoms with Crippen molar-refractivity contribution in [3.05, 3.63) is 47.5 Å². The minimum atomic E-state index is -0.886. The number of nitrogens with one attached hydrogen (secondary N) is 1. The van der Waals surface area contributed by atoms with E-state index in [4.69, 9.17) is 9.72 Å². The fraction of sp³-hybridized carbons (Fsp3) is 0.500. The molecule has 1 heterocycles. The highest BCUT2D eigenvalue weighted by atomic mass is 16.5. The second kappa shape index (κ2) is 9.32. The third kappa shape index (κ3) is 5.06. The van der Waals surface area contributed by atoms with Crippen molar-refractivity contribution in [2.45, 2.75) is 72.3 Å². The van der Waals surface area contributed by atoms with Gasteiger partial charge in [0.2, 0.25) is 5.95 Å². The average Bonchev–Trinajstić information content (AvgIpc) is 3.08. The lowest BCUT2D eigenvalue weighted by atomic mass is 9.70. The second-order valence-electron chi connectivity index (χ2n) is 11.0. The van der Waals surface area contributed by atoms with E-state index in [9.17, 15) is 9.90 Å². The summed E-state index contributed by atoms with van der Waals surface area (Å²) in [5.41, 5.74) is 4.92. The molecule has 2 atom stereocenters. The maximum Gasteiger partial charge on any atom is 0.307 e. The van der Waals surface area contributed by atoms with Crippen LogP contribution in [-0.2, 0) is 11.2 Å². The molecule has 1 aliphatic carbocycles. The second-order valence-corrected chi connectivity index (χ2v) is 11.0. The molecule has 1 aliphatic rings. The van der Waals surface area contributed by atoms with Crippen molar-refractivity contribution in [1.29, 1.82) is 0 Å². The van der Waals surface area contributed by atoms with Crippen molar-refractivity contribution in [3.63, 3.8) is 0 Å². The number of methoxy groups -OCH3 is 1. The van der Waals surface area contributed by atoms with Gasteiger partial charge in [0.15, 0.2) is 0 Å². The number of aromatic nitrogens is 2. The number of carboxylic acid groups (broad SMARTS) is 1. The van der Waals surface area contributed by atoms with Crippen molar-refractivity contribution in [2.75, 3.05) is 12.4 Å². The molecule has 34 heavy (non-hydrogen) atoms. The lowest BCUT2D eigenvalue weighted by molar-refractivity contribution is -0.136. The summed E-state index contributed by atoms with van der Waals surface area (Å²) in [6.45, 7) is 11.4. The monoisotopic (exact) mass is 463 g/mol. The van der Waals surface area contributed by atoms with Gasteiger partial charge in [-0.05, 0) is 60.3 Å². The van der Waals surface area contributed by atoms with Gasteiger partial charge in [0.1, 0.15) is 5.75 Å². The topological polar surface area (TPSA) is 76.4 Å². The van der Waals surface area contributed by atoms with Gasteiger partial charge < -0.3 is 19.7 Å². The number of anilines is 2. The first-order chi connectivity index (χ1) is 16.1. The fourth-order valence-corrected chi connectivity index (χ4v) is 5.69. The summed E-state index contributed by atoms with van der Waals surface area (Å²) in [6, 6.07) is 12.6. The number of carbonyl (C=O) groups is 1. The molecule has 0 radical (unpaired) electrons. The molecule has 1 saturated carbocycles. The highest BCUT2D eigenvalue weighted by Crippen LogP contribution is 2.46. The van der Waals surface area contributed by atoms with E-state index in [0.29, 0.717) is 23.1 Å². The lowest BCUT2D eigenvalue weighted by Gasteiger charge is -2.40. The number of nitrogens with zero attached hydrogens (tertiary/aromatic N) is 2. The molecule has 0 saturated heterocycles. The van der Waals surface area contributed by atoms with E-state index in [2.05, 4.69) is 68.8 Å². The van der Waals surface area contributed by atoms with Crippen LogP contribution in [0.2, 0.25) is 0 Å². The summed E-state index contributed by atoms with van der Waals surface area (Å²) in [7, 11) is 1.59. The van der Waals surface area contributed by atoms with Crippen molar-refractivity contribution in [3.8, 4) is 5.75 Å². The molecule has 2 aromatic carbocycles. The van der Waals surface area contributed by atoms with Gasteiger partial charge in [-0.25, -0.2) is 4.98 Å². The molecule has 6 nitrogen and oxygen atoms in total. The molecule has 182 valence electrons. The third-order valence-electron chi connectivity index (χ3n) is 7.00.